The fourth-order valence-corrected chi connectivity index (χ4v) is 2.38. The predicted octanol–water partition coefficient (Wildman–Crippen LogP) is 0.551. The van der Waals surface area contributed by atoms with E-state index in [0.29, 0.717) is 32.0 Å². The van der Waals surface area contributed by atoms with Gasteiger partial charge in [0.05, 0.1) is 0 Å². The predicted molar refractivity (Wildman–Crippen MR) is 71.0 cm³/mol. The maximum Gasteiger partial charge on any atom is 0.273 e. The standard InChI is InChI=1S/C11H22N4O3S/c1-4-18-7-5-6-10-13-14-11(19(12,16)17)15(10)8-9(2)3/h9H,4-8H2,1-3H3,(H2,12,16,17). The molecule has 0 unspecified atom stereocenters. The van der Waals surface area contributed by atoms with E-state index in [1.54, 1.807) is 4.57 Å². The van der Waals surface area contributed by atoms with Gasteiger partial charge in [-0.05, 0) is 19.3 Å². The minimum atomic E-state index is -3.84. The molecule has 0 aliphatic heterocycles. The second-order valence-corrected chi connectivity index (χ2v) is 6.20. The van der Waals surface area contributed by atoms with Gasteiger partial charge in [-0.2, -0.15) is 0 Å². The van der Waals surface area contributed by atoms with E-state index in [1.165, 1.54) is 0 Å². The number of nitrogens with two attached hydrogens (primary N) is 1. The van der Waals surface area contributed by atoms with E-state index in [-0.39, 0.29) is 11.1 Å². The lowest BCUT2D eigenvalue weighted by atomic mass is 10.2. The zero-order chi connectivity index (χ0) is 14.5. The molecular formula is C11H22N4O3S. The fraction of sp³-hybridized carbons (Fsp3) is 0.818. The molecule has 110 valence electrons. The van der Waals surface area contributed by atoms with E-state index in [1.807, 2.05) is 20.8 Å². The van der Waals surface area contributed by atoms with Gasteiger partial charge >= 0.3 is 0 Å². The number of hydrogen-bond donors (Lipinski definition) is 1. The highest BCUT2D eigenvalue weighted by Gasteiger charge is 2.21. The molecule has 1 aromatic heterocycles. The van der Waals surface area contributed by atoms with Crippen LogP contribution in [0, 0.1) is 5.92 Å². The van der Waals surface area contributed by atoms with Gasteiger partial charge in [0.15, 0.2) is 0 Å². The van der Waals surface area contributed by atoms with E-state index in [2.05, 4.69) is 10.2 Å². The van der Waals surface area contributed by atoms with Crippen LogP contribution in [-0.4, -0.2) is 36.4 Å². The van der Waals surface area contributed by atoms with Crippen LogP contribution in [0.3, 0.4) is 0 Å². The Morgan fingerprint density at radius 3 is 2.58 bits per heavy atom. The summed E-state index contributed by atoms with van der Waals surface area (Å²) in [6.45, 7) is 7.74. The van der Waals surface area contributed by atoms with Gasteiger partial charge < -0.3 is 9.30 Å². The Labute approximate surface area is 114 Å². The molecule has 0 atom stereocenters. The summed E-state index contributed by atoms with van der Waals surface area (Å²) in [4.78, 5) is 0. The summed E-state index contributed by atoms with van der Waals surface area (Å²) < 4.78 is 29.7. The first-order chi connectivity index (χ1) is 8.86. The van der Waals surface area contributed by atoms with Crippen LogP contribution in [0.4, 0.5) is 0 Å². The molecule has 0 aliphatic rings. The highest BCUT2D eigenvalue weighted by Crippen LogP contribution is 2.12. The van der Waals surface area contributed by atoms with Crippen molar-refractivity contribution in [2.24, 2.45) is 11.1 Å². The van der Waals surface area contributed by atoms with Crippen molar-refractivity contribution in [2.75, 3.05) is 13.2 Å². The van der Waals surface area contributed by atoms with Gasteiger partial charge in [-0.15, -0.1) is 10.2 Å². The highest BCUT2D eigenvalue weighted by atomic mass is 32.2. The largest absolute Gasteiger partial charge is 0.382 e. The van der Waals surface area contributed by atoms with Crippen molar-refractivity contribution >= 4 is 10.0 Å². The lowest BCUT2D eigenvalue weighted by Gasteiger charge is -2.11. The van der Waals surface area contributed by atoms with Gasteiger partial charge in [-0.3, -0.25) is 0 Å². The Hall–Kier alpha value is -0.990. The molecule has 7 nitrogen and oxygen atoms in total. The monoisotopic (exact) mass is 290 g/mol. The van der Waals surface area contributed by atoms with Crippen LogP contribution in [-0.2, 0) is 27.7 Å². The number of rotatable bonds is 8. The fourth-order valence-electron chi connectivity index (χ4n) is 1.74. The molecule has 0 bridgehead atoms. The molecule has 1 heterocycles. The van der Waals surface area contributed by atoms with E-state index in [4.69, 9.17) is 9.88 Å². The molecule has 0 spiro atoms. The SMILES string of the molecule is CCOCCCc1nnc(S(N)(=O)=O)n1CC(C)C. The van der Waals surface area contributed by atoms with Gasteiger partial charge in [0.1, 0.15) is 5.82 Å². The average Bonchev–Trinajstić information content (AvgIpc) is 2.66. The molecule has 0 aromatic carbocycles. The highest BCUT2D eigenvalue weighted by molar-refractivity contribution is 7.89. The van der Waals surface area contributed by atoms with Gasteiger partial charge in [-0.25, -0.2) is 13.6 Å². The van der Waals surface area contributed by atoms with Crippen LogP contribution >= 0.6 is 0 Å². The Kier molecular flexibility index (Phi) is 5.89. The second-order valence-electron chi connectivity index (χ2n) is 4.75. The molecule has 1 aromatic rings. The van der Waals surface area contributed by atoms with Crippen molar-refractivity contribution < 1.29 is 13.2 Å². The van der Waals surface area contributed by atoms with Crippen molar-refractivity contribution in [1.29, 1.82) is 0 Å². The number of aromatic nitrogens is 3. The van der Waals surface area contributed by atoms with E-state index >= 15 is 0 Å². The maximum absolute atomic E-state index is 11.5. The summed E-state index contributed by atoms with van der Waals surface area (Å²) >= 11 is 0. The summed E-state index contributed by atoms with van der Waals surface area (Å²) in [7, 11) is -3.84. The van der Waals surface area contributed by atoms with E-state index in [0.717, 1.165) is 6.42 Å². The van der Waals surface area contributed by atoms with Gasteiger partial charge in [0, 0.05) is 26.2 Å². The summed E-state index contributed by atoms with van der Waals surface area (Å²) in [5, 5.41) is 12.6. The van der Waals surface area contributed by atoms with Gasteiger partial charge in [0.25, 0.3) is 15.2 Å². The number of primary sulfonamides is 1. The van der Waals surface area contributed by atoms with Gasteiger partial charge in [-0.1, -0.05) is 13.8 Å². The van der Waals surface area contributed by atoms with Crippen molar-refractivity contribution in [3.63, 3.8) is 0 Å². The van der Waals surface area contributed by atoms with Gasteiger partial charge in [0.2, 0.25) is 0 Å². The molecule has 0 aliphatic carbocycles. The van der Waals surface area contributed by atoms with Crippen molar-refractivity contribution in [2.45, 2.75) is 45.3 Å². The Morgan fingerprint density at radius 2 is 2.05 bits per heavy atom. The molecule has 8 heteroatoms. The first kappa shape index (κ1) is 16.1. The third-order valence-electron chi connectivity index (χ3n) is 2.49. The zero-order valence-electron chi connectivity index (χ0n) is 11.7. The Balaban J connectivity index is 2.88. The molecule has 2 N–H and O–H groups in total. The summed E-state index contributed by atoms with van der Waals surface area (Å²) in [5.74, 6) is 0.916. The molecule has 0 saturated heterocycles. The third-order valence-corrected chi connectivity index (χ3v) is 3.30. The number of ether oxygens (including phenoxy) is 1. The number of aryl methyl sites for hydroxylation is 1. The van der Waals surface area contributed by atoms with Crippen LogP contribution in [0.1, 0.15) is 33.0 Å². The van der Waals surface area contributed by atoms with E-state index in [9.17, 15) is 8.42 Å². The smallest absolute Gasteiger partial charge is 0.273 e. The summed E-state index contributed by atoms with van der Waals surface area (Å²) in [6, 6.07) is 0. The van der Waals surface area contributed by atoms with Crippen LogP contribution in [0.5, 0.6) is 0 Å². The minimum Gasteiger partial charge on any atom is -0.382 e. The molecule has 0 radical (unpaired) electrons. The Bertz CT molecular complexity index is 496. The normalized spacial score (nSPS) is 12.3. The molecular weight excluding hydrogens is 268 g/mol. The molecule has 0 saturated carbocycles. The van der Waals surface area contributed by atoms with Crippen molar-refractivity contribution in [1.82, 2.24) is 14.8 Å². The minimum absolute atomic E-state index is 0.160. The third kappa shape index (κ3) is 4.88. The molecule has 19 heavy (non-hydrogen) atoms. The summed E-state index contributed by atoms with van der Waals surface area (Å²) in [5.41, 5.74) is 0. The van der Waals surface area contributed by atoms with E-state index < -0.39 is 10.0 Å². The topological polar surface area (TPSA) is 100 Å². The molecule has 0 amide bonds. The van der Waals surface area contributed by atoms with Crippen LogP contribution in [0.2, 0.25) is 0 Å². The van der Waals surface area contributed by atoms with Crippen LogP contribution < -0.4 is 5.14 Å². The first-order valence-corrected chi connectivity index (χ1v) is 7.93. The average molecular weight is 290 g/mol. The maximum atomic E-state index is 11.5. The zero-order valence-corrected chi connectivity index (χ0v) is 12.5. The number of hydrogen-bond acceptors (Lipinski definition) is 5. The second kappa shape index (κ2) is 6.97. The molecule has 1 rings (SSSR count). The van der Waals surface area contributed by atoms with Crippen molar-refractivity contribution in [3.05, 3.63) is 5.82 Å². The lowest BCUT2D eigenvalue weighted by Crippen LogP contribution is -2.21. The van der Waals surface area contributed by atoms with Crippen LogP contribution in [0.15, 0.2) is 5.16 Å². The quantitative estimate of drug-likeness (QED) is 0.705. The molecule has 0 fully saturated rings. The van der Waals surface area contributed by atoms with Crippen molar-refractivity contribution in [3.8, 4) is 0 Å². The summed E-state index contributed by atoms with van der Waals surface area (Å²) in [6.07, 6.45) is 1.39. The first-order valence-electron chi connectivity index (χ1n) is 6.38. The Morgan fingerprint density at radius 1 is 1.37 bits per heavy atom. The number of sulfonamides is 1. The van der Waals surface area contributed by atoms with Crippen LogP contribution in [0.25, 0.3) is 0 Å². The number of nitrogens with zero attached hydrogens (tertiary/aromatic N) is 3. The lowest BCUT2D eigenvalue weighted by molar-refractivity contribution is 0.144.